The molecule has 0 fully saturated rings. The number of fused-ring (bicyclic) bond motifs is 3. The van der Waals surface area contributed by atoms with E-state index in [4.69, 9.17) is 4.74 Å². The Labute approximate surface area is 179 Å². The van der Waals surface area contributed by atoms with Crippen LogP contribution in [0.4, 0.5) is 0 Å². The second-order valence-electron chi connectivity index (χ2n) is 8.66. The van der Waals surface area contributed by atoms with Gasteiger partial charge in [0.25, 0.3) is 0 Å². The summed E-state index contributed by atoms with van der Waals surface area (Å²) >= 11 is 0. The molecule has 0 aliphatic heterocycles. The fourth-order valence-electron chi connectivity index (χ4n) is 4.26. The van der Waals surface area contributed by atoms with Gasteiger partial charge >= 0.3 is 0 Å². The zero-order valence-electron chi connectivity index (χ0n) is 18.7. The highest BCUT2D eigenvalue weighted by Crippen LogP contribution is 2.33. The van der Waals surface area contributed by atoms with Crippen molar-refractivity contribution in [3.8, 4) is 5.75 Å². The van der Waals surface area contributed by atoms with Crippen LogP contribution >= 0.6 is 0 Å². The number of rotatable bonds is 8. The van der Waals surface area contributed by atoms with E-state index >= 15 is 0 Å². The van der Waals surface area contributed by atoms with Gasteiger partial charge < -0.3 is 9.30 Å². The molecule has 3 heteroatoms. The molecule has 0 amide bonds. The zero-order valence-corrected chi connectivity index (χ0v) is 18.7. The van der Waals surface area contributed by atoms with Crippen LogP contribution < -0.4 is 9.30 Å². The third-order valence-corrected chi connectivity index (χ3v) is 5.78. The lowest BCUT2D eigenvalue weighted by atomic mass is 10.1. The van der Waals surface area contributed by atoms with Crippen LogP contribution in [-0.2, 0) is 13.1 Å². The monoisotopic (exact) mass is 401 g/mol. The molecule has 4 aromatic rings. The first kappa shape index (κ1) is 20.5. The van der Waals surface area contributed by atoms with E-state index in [0.717, 1.165) is 38.3 Å². The van der Waals surface area contributed by atoms with Crippen molar-refractivity contribution in [1.29, 1.82) is 0 Å². The largest absolute Gasteiger partial charge is 0.494 e. The summed E-state index contributed by atoms with van der Waals surface area (Å²) in [5, 5.41) is 2.64. The standard InChI is InChI=1S/C27H33N2O/c1-5-6-16-30-23-12-13-24-25-14-15-28(19-22-10-8-7-9-11-22)21(4)27(25)29(18-20(2)3)26(24)17-23/h7-15,17,20H,5-6,16,18-19H2,1-4H3/q+1. The van der Waals surface area contributed by atoms with Gasteiger partial charge in [-0.15, -0.1) is 0 Å². The zero-order chi connectivity index (χ0) is 21.1. The van der Waals surface area contributed by atoms with Crippen LogP contribution in [0.25, 0.3) is 21.8 Å². The Bertz CT molecular complexity index is 1140. The normalized spacial score (nSPS) is 11.6. The minimum absolute atomic E-state index is 0.565. The first-order chi connectivity index (χ1) is 14.6. The van der Waals surface area contributed by atoms with Gasteiger partial charge in [-0.05, 0) is 24.5 Å². The van der Waals surface area contributed by atoms with E-state index in [9.17, 15) is 0 Å². The van der Waals surface area contributed by atoms with E-state index in [1.54, 1.807) is 0 Å². The van der Waals surface area contributed by atoms with E-state index in [-0.39, 0.29) is 0 Å². The van der Waals surface area contributed by atoms with E-state index in [2.05, 4.69) is 97.6 Å². The molecule has 156 valence electrons. The van der Waals surface area contributed by atoms with Crippen LogP contribution in [0.1, 0.15) is 44.9 Å². The summed E-state index contributed by atoms with van der Waals surface area (Å²) in [5.41, 5.74) is 5.24. The molecule has 0 radical (unpaired) electrons. The Morgan fingerprint density at radius 3 is 2.53 bits per heavy atom. The molecule has 2 aromatic heterocycles. The maximum absolute atomic E-state index is 6.02. The summed E-state index contributed by atoms with van der Waals surface area (Å²) in [6.45, 7) is 11.7. The van der Waals surface area contributed by atoms with Gasteiger partial charge in [0.2, 0.25) is 5.69 Å². The number of aromatic nitrogens is 2. The second kappa shape index (κ2) is 8.91. The van der Waals surface area contributed by atoms with Crippen molar-refractivity contribution >= 4 is 21.8 Å². The highest BCUT2D eigenvalue weighted by atomic mass is 16.5. The summed E-state index contributed by atoms with van der Waals surface area (Å²) in [5.74, 6) is 1.54. The number of hydrogen-bond acceptors (Lipinski definition) is 1. The average molecular weight is 402 g/mol. The number of aryl methyl sites for hydroxylation is 1. The van der Waals surface area contributed by atoms with Gasteiger partial charge in [-0.3, -0.25) is 0 Å². The quantitative estimate of drug-likeness (QED) is 0.251. The molecule has 0 saturated heterocycles. The van der Waals surface area contributed by atoms with Gasteiger partial charge in [0.05, 0.1) is 12.1 Å². The Hall–Kier alpha value is -2.81. The summed E-state index contributed by atoms with van der Waals surface area (Å²) < 4.78 is 10.9. The van der Waals surface area contributed by atoms with Crippen molar-refractivity contribution in [2.24, 2.45) is 5.92 Å². The maximum atomic E-state index is 6.02. The van der Waals surface area contributed by atoms with Gasteiger partial charge in [-0.1, -0.05) is 57.5 Å². The molecule has 0 spiro atoms. The molecule has 0 aliphatic rings. The molecule has 30 heavy (non-hydrogen) atoms. The molecule has 0 bridgehead atoms. The molecule has 3 nitrogen and oxygen atoms in total. The number of nitrogens with zero attached hydrogens (tertiary/aromatic N) is 2. The van der Waals surface area contributed by atoms with Crippen LogP contribution in [0.3, 0.4) is 0 Å². The summed E-state index contributed by atoms with van der Waals surface area (Å²) in [7, 11) is 0. The topological polar surface area (TPSA) is 18.0 Å². The molecule has 4 rings (SSSR count). The number of benzene rings is 2. The first-order valence-electron chi connectivity index (χ1n) is 11.2. The molecule has 0 unspecified atom stereocenters. The Kier molecular flexibility index (Phi) is 6.08. The van der Waals surface area contributed by atoms with Crippen molar-refractivity contribution in [2.45, 2.75) is 53.6 Å². The number of unbranched alkanes of at least 4 members (excludes halogenated alkanes) is 1. The summed E-state index contributed by atoms with van der Waals surface area (Å²) in [4.78, 5) is 0. The Morgan fingerprint density at radius 1 is 1.00 bits per heavy atom. The van der Waals surface area contributed by atoms with Crippen molar-refractivity contribution in [2.75, 3.05) is 6.61 Å². The minimum Gasteiger partial charge on any atom is -0.494 e. The lowest BCUT2D eigenvalue weighted by Gasteiger charge is -2.12. The second-order valence-corrected chi connectivity index (χ2v) is 8.66. The van der Waals surface area contributed by atoms with Crippen molar-refractivity contribution in [3.63, 3.8) is 0 Å². The van der Waals surface area contributed by atoms with Crippen LogP contribution in [-0.4, -0.2) is 11.2 Å². The molecule has 2 aromatic carbocycles. The predicted molar refractivity (Wildman–Crippen MR) is 125 cm³/mol. The van der Waals surface area contributed by atoms with Gasteiger partial charge in [-0.25, -0.2) is 0 Å². The van der Waals surface area contributed by atoms with Gasteiger partial charge in [0.15, 0.2) is 12.7 Å². The molecule has 0 atom stereocenters. The fraction of sp³-hybridized carbons (Fsp3) is 0.370. The van der Waals surface area contributed by atoms with Crippen LogP contribution in [0.2, 0.25) is 0 Å². The van der Waals surface area contributed by atoms with Crippen LogP contribution in [0, 0.1) is 12.8 Å². The lowest BCUT2D eigenvalue weighted by molar-refractivity contribution is -0.693. The molecule has 2 heterocycles. The van der Waals surface area contributed by atoms with E-state index < -0.39 is 0 Å². The van der Waals surface area contributed by atoms with Gasteiger partial charge in [0, 0.05) is 41.9 Å². The maximum Gasteiger partial charge on any atom is 0.203 e. The Balaban J connectivity index is 1.84. The van der Waals surface area contributed by atoms with E-state index in [0.29, 0.717) is 5.92 Å². The van der Waals surface area contributed by atoms with Crippen molar-refractivity contribution in [1.82, 2.24) is 4.57 Å². The molecule has 0 N–H and O–H groups in total. The lowest BCUT2D eigenvalue weighted by Crippen LogP contribution is -2.37. The number of pyridine rings is 1. The van der Waals surface area contributed by atoms with Gasteiger partial charge in [-0.2, -0.15) is 4.57 Å². The molecule has 0 aliphatic carbocycles. The summed E-state index contributed by atoms with van der Waals surface area (Å²) in [6.07, 6.45) is 4.47. The van der Waals surface area contributed by atoms with Crippen molar-refractivity contribution in [3.05, 3.63) is 72.1 Å². The highest BCUT2D eigenvalue weighted by molar-refractivity contribution is 6.08. The number of hydrogen-bond donors (Lipinski definition) is 0. The third-order valence-electron chi connectivity index (χ3n) is 5.78. The first-order valence-corrected chi connectivity index (χ1v) is 11.2. The highest BCUT2D eigenvalue weighted by Gasteiger charge is 2.20. The van der Waals surface area contributed by atoms with E-state index in [1.165, 1.54) is 33.1 Å². The van der Waals surface area contributed by atoms with Gasteiger partial charge in [0.1, 0.15) is 11.3 Å². The van der Waals surface area contributed by atoms with Crippen LogP contribution in [0.5, 0.6) is 5.75 Å². The average Bonchev–Trinajstić information content (AvgIpc) is 3.04. The van der Waals surface area contributed by atoms with Crippen molar-refractivity contribution < 1.29 is 9.30 Å². The fourth-order valence-corrected chi connectivity index (χ4v) is 4.26. The van der Waals surface area contributed by atoms with Crippen LogP contribution in [0.15, 0.2) is 60.8 Å². The Morgan fingerprint density at radius 2 is 1.80 bits per heavy atom. The SMILES string of the molecule is CCCCOc1ccc2c3cc[n+](Cc4ccccc4)c(C)c3n(CC(C)C)c2c1. The molecular weight excluding hydrogens is 368 g/mol. The molecule has 0 saturated carbocycles. The molecular formula is C27H33N2O+. The predicted octanol–water partition coefficient (Wildman–Crippen LogP) is 6.27. The minimum atomic E-state index is 0.565. The smallest absolute Gasteiger partial charge is 0.203 e. The third kappa shape index (κ3) is 4.07. The summed E-state index contributed by atoms with van der Waals surface area (Å²) in [6, 6.07) is 19.6. The van der Waals surface area contributed by atoms with E-state index in [1.807, 2.05) is 0 Å². The number of ether oxygens (including phenoxy) is 1.